The van der Waals surface area contributed by atoms with Crippen molar-refractivity contribution in [1.29, 1.82) is 0 Å². The first-order valence-electron chi connectivity index (χ1n) is 5.60. The van der Waals surface area contributed by atoms with E-state index in [1.54, 1.807) is 12.1 Å². The van der Waals surface area contributed by atoms with Gasteiger partial charge in [0.1, 0.15) is 11.6 Å². The van der Waals surface area contributed by atoms with E-state index < -0.39 is 11.6 Å². The van der Waals surface area contributed by atoms with Crippen LogP contribution in [0.15, 0.2) is 42.5 Å². The van der Waals surface area contributed by atoms with E-state index in [1.165, 1.54) is 6.07 Å². The van der Waals surface area contributed by atoms with Gasteiger partial charge in [-0.3, -0.25) is 4.79 Å². The molecule has 2 aromatic rings. The van der Waals surface area contributed by atoms with Crippen molar-refractivity contribution < 1.29 is 13.6 Å². The Morgan fingerprint density at radius 2 is 1.72 bits per heavy atom. The molecule has 0 N–H and O–H groups in total. The first-order chi connectivity index (χ1) is 8.56. The van der Waals surface area contributed by atoms with Crippen molar-refractivity contribution in [2.45, 2.75) is 13.3 Å². The standard InChI is InChI=1S/C15H12F2O/c1-10-2-4-11(5-3-10)15(18)8-12-6-7-13(16)9-14(12)17/h2-7,9H,8H2,1H3. The number of rotatable bonds is 3. The highest BCUT2D eigenvalue weighted by Crippen LogP contribution is 2.13. The molecule has 92 valence electrons. The lowest BCUT2D eigenvalue weighted by atomic mass is 10.0. The zero-order chi connectivity index (χ0) is 13.1. The molecule has 0 aliphatic carbocycles. The van der Waals surface area contributed by atoms with E-state index in [4.69, 9.17) is 0 Å². The third-order valence-electron chi connectivity index (χ3n) is 2.74. The molecule has 0 saturated heterocycles. The van der Waals surface area contributed by atoms with Crippen molar-refractivity contribution in [1.82, 2.24) is 0 Å². The molecule has 0 aliphatic rings. The van der Waals surface area contributed by atoms with Gasteiger partial charge in [0, 0.05) is 18.1 Å². The summed E-state index contributed by atoms with van der Waals surface area (Å²) in [5.41, 5.74) is 1.80. The number of Topliss-reactive ketones (excluding diaryl/α,β-unsaturated/α-hetero) is 1. The fraction of sp³-hybridized carbons (Fsp3) is 0.133. The van der Waals surface area contributed by atoms with Crippen LogP contribution in [0.2, 0.25) is 0 Å². The van der Waals surface area contributed by atoms with Gasteiger partial charge in [0.05, 0.1) is 0 Å². The third kappa shape index (κ3) is 2.80. The lowest BCUT2D eigenvalue weighted by Crippen LogP contribution is -2.05. The average Bonchev–Trinajstić information content (AvgIpc) is 2.33. The molecule has 0 fully saturated rings. The van der Waals surface area contributed by atoms with Gasteiger partial charge in [-0.15, -0.1) is 0 Å². The van der Waals surface area contributed by atoms with Gasteiger partial charge in [-0.1, -0.05) is 35.9 Å². The number of hydrogen-bond acceptors (Lipinski definition) is 1. The molecule has 0 atom stereocenters. The first kappa shape index (κ1) is 12.4. The van der Waals surface area contributed by atoms with E-state index in [0.717, 1.165) is 17.7 Å². The minimum absolute atomic E-state index is 0.0603. The zero-order valence-electron chi connectivity index (χ0n) is 9.91. The molecular weight excluding hydrogens is 234 g/mol. The second-order valence-electron chi connectivity index (χ2n) is 4.20. The number of halogens is 2. The molecule has 0 spiro atoms. The molecular formula is C15H12F2O. The molecule has 2 aromatic carbocycles. The van der Waals surface area contributed by atoms with Gasteiger partial charge in [-0.05, 0) is 18.6 Å². The summed E-state index contributed by atoms with van der Waals surface area (Å²) < 4.78 is 26.1. The van der Waals surface area contributed by atoms with Crippen molar-refractivity contribution in [3.63, 3.8) is 0 Å². The molecule has 0 bridgehead atoms. The van der Waals surface area contributed by atoms with Gasteiger partial charge in [-0.2, -0.15) is 0 Å². The third-order valence-corrected chi connectivity index (χ3v) is 2.74. The van der Waals surface area contributed by atoms with E-state index in [-0.39, 0.29) is 17.8 Å². The number of hydrogen-bond donors (Lipinski definition) is 0. The summed E-state index contributed by atoms with van der Waals surface area (Å²) in [7, 11) is 0. The second kappa shape index (κ2) is 5.08. The Balaban J connectivity index is 2.18. The highest BCUT2D eigenvalue weighted by atomic mass is 19.1. The van der Waals surface area contributed by atoms with Gasteiger partial charge >= 0.3 is 0 Å². The van der Waals surface area contributed by atoms with Crippen LogP contribution in [0, 0.1) is 18.6 Å². The molecule has 18 heavy (non-hydrogen) atoms. The number of carbonyl (C=O) groups excluding carboxylic acids is 1. The van der Waals surface area contributed by atoms with Crippen molar-refractivity contribution in [3.05, 3.63) is 70.8 Å². The van der Waals surface area contributed by atoms with E-state index in [2.05, 4.69) is 0 Å². The molecule has 0 radical (unpaired) electrons. The lowest BCUT2D eigenvalue weighted by Gasteiger charge is -2.03. The van der Waals surface area contributed by atoms with Crippen molar-refractivity contribution in [3.8, 4) is 0 Å². The smallest absolute Gasteiger partial charge is 0.167 e. The molecule has 0 unspecified atom stereocenters. The number of ketones is 1. The van der Waals surface area contributed by atoms with E-state index >= 15 is 0 Å². The monoisotopic (exact) mass is 246 g/mol. The van der Waals surface area contributed by atoms with Gasteiger partial charge < -0.3 is 0 Å². The van der Waals surface area contributed by atoms with Crippen LogP contribution < -0.4 is 0 Å². The molecule has 0 aliphatic heterocycles. The van der Waals surface area contributed by atoms with Crippen LogP contribution in [0.5, 0.6) is 0 Å². The molecule has 1 nitrogen and oxygen atoms in total. The van der Waals surface area contributed by atoms with Crippen LogP contribution >= 0.6 is 0 Å². The van der Waals surface area contributed by atoms with E-state index in [9.17, 15) is 13.6 Å². The predicted octanol–water partition coefficient (Wildman–Crippen LogP) is 3.70. The summed E-state index contributed by atoms with van der Waals surface area (Å²) in [6.45, 7) is 1.92. The number of benzene rings is 2. The SMILES string of the molecule is Cc1ccc(C(=O)Cc2ccc(F)cc2F)cc1. The molecule has 3 heteroatoms. The minimum Gasteiger partial charge on any atom is -0.294 e. The van der Waals surface area contributed by atoms with Crippen LogP contribution in [0.1, 0.15) is 21.5 Å². The van der Waals surface area contributed by atoms with Crippen LogP contribution in [0.3, 0.4) is 0 Å². The molecule has 0 saturated carbocycles. The summed E-state index contributed by atoms with van der Waals surface area (Å²) in [6.07, 6.45) is -0.0603. The fourth-order valence-electron chi connectivity index (χ4n) is 1.68. The molecule has 2 rings (SSSR count). The minimum atomic E-state index is -0.685. The molecule has 0 aromatic heterocycles. The van der Waals surface area contributed by atoms with Crippen LogP contribution in [0.25, 0.3) is 0 Å². The van der Waals surface area contributed by atoms with E-state index in [0.29, 0.717) is 5.56 Å². The van der Waals surface area contributed by atoms with Crippen molar-refractivity contribution in [2.75, 3.05) is 0 Å². The average molecular weight is 246 g/mol. The quantitative estimate of drug-likeness (QED) is 0.755. The van der Waals surface area contributed by atoms with E-state index in [1.807, 2.05) is 19.1 Å². The summed E-state index contributed by atoms with van der Waals surface area (Å²) in [5, 5.41) is 0. The second-order valence-corrected chi connectivity index (χ2v) is 4.20. The Kier molecular flexibility index (Phi) is 3.51. The summed E-state index contributed by atoms with van der Waals surface area (Å²) >= 11 is 0. The lowest BCUT2D eigenvalue weighted by molar-refractivity contribution is 0.0992. The van der Waals surface area contributed by atoms with Crippen LogP contribution in [-0.2, 0) is 6.42 Å². The number of aryl methyl sites for hydroxylation is 1. The van der Waals surface area contributed by atoms with Gasteiger partial charge in [-0.25, -0.2) is 8.78 Å². The zero-order valence-corrected chi connectivity index (χ0v) is 9.91. The highest BCUT2D eigenvalue weighted by Gasteiger charge is 2.10. The van der Waals surface area contributed by atoms with Gasteiger partial charge in [0.2, 0.25) is 0 Å². The Morgan fingerprint density at radius 3 is 2.33 bits per heavy atom. The fourth-order valence-corrected chi connectivity index (χ4v) is 1.68. The van der Waals surface area contributed by atoms with Crippen LogP contribution in [-0.4, -0.2) is 5.78 Å². The van der Waals surface area contributed by atoms with Crippen molar-refractivity contribution >= 4 is 5.78 Å². The summed E-state index contributed by atoms with van der Waals surface area (Å²) in [5.74, 6) is -1.50. The topological polar surface area (TPSA) is 17.1 Å². The maximum absolute atomic E-state index is 13.4. The maximum atomic E-state index is 13.4. The Hall–Kier alpha value is -2.03. The molecule has 0 heterocycles. The first-order valence-corrected chi connectivity index (χ1v) is 5.60. The Bertz CT molecular complexity index is 574. The summed E-state index contributed by atoms with van der Waals surface area (Å²) in [4.78, 5) is 11.9. The molecule has 0 amide bonds. The Morgan fingerprint density at radius 1 is 1.06 bits per heavy atom. The normalized spacial score (nSPS) is 10.4. The summed E-state index contributed by atoms with van der Waals surface area (Å²) in [6, 6.07) is 10.3. The van der Waals surface area contributed by atoms with Crippen LogP contribution in [0.4, 0.5) is 8.78 Å². The van der Waals surface area contributed by atoms with Gasteiger partial charge in [0.15, 0.2) is 5.78 Å². The largest absolute Gasteiger partial charge is 0.294 e. The number of carbonyl (C=O) groups is 1. The van der Waals surface area contributed by atoms with Gasteiger partial charge in [0.25, 0.3) is 0 Å². The maximum Gasteiger partial charge on any atom is 0.167 e. The Labute approximate surface area is 104 Å². The predicted molar refractivity (Wildman–Crippen MR) is 65.6 cm³/mol. The van der Waals surface area contributed by atoms with Crippen molar-refractivity contribution in [2.24, 2.45) is 0 Å². The highest BCUT2D eigenvalue weighted by molar-refractivity contribution is 5.97.